The van der Waals surface area contributed by atoms with E-state index < -0.39 is 0 Å². The molecule has 0 radical (unpaired) electrons. The van der Waals surface area contributed by atoms with Crippen molar-refractivity contribution in [3.8, 4) is 0 Å². The summed E-state index contributed by atoms with van der Waals surface area (Å²) >= 11 is 12.0. The van der Waals surface area contributed by atoms with Gasteiger partial charge in [0.2, 0.25) is 0 Å². The largest absolute Gasteiger partial charge is 0.376 e. The summed E-state index contributed by atoms with van der Waals surface area (Å²) in [5.74, 6) is 0.0413. The Hall–Kier alpha value is -1.45. The van der Waals surface area contributed by atoms with Gasteiger partial charge in [0.1, 0.15) is 0 Å². The number of benzene rings is 1. The first-order valence-electron chi connectivity index (χ1n) is 7.53. The first-order valence-corrected chi connectivity index (χ1v) is 8.28. The fourth-order valence-corrected chi connectivity index (χ4v) is 3.46. The number of hydrogen-bond acceptors (Lipinski definition) is 2. The number of hydrogen-bond donors (Lipinski definition) is 1. The molecule has 0 spiro atoms. The molecule has 0 unspecified atom stereocenters. The van der Waals surface area contributed by atoms with Gasteiger partial charge in [-0.3, -0.25) is 4.79 Å². The van der Waals surface area contributed by atoms with Crippen molar-refractivity contribution in [3.05, 3.63) is 51.3 Å². The van der Waals surface area contributed by atoms with E-state index in [1.54, 1.807) is 18.2 Å². The normalized spacial score (nSPS) is 11.6. The van der Waals surface area contributed by atoms with E-state index >= 15 is 0 Å². The zero-order valence-corrected chi connectivity index (χ0v) is 15.6. The Kier molecular flexibility index (Phi) is 5.12. The summed E-state index contributed by atoms with van der Waals surface area (Å²) in [4.78, 5) is 12.6. The number of aromatic nitrogens is 1. The van der Waals surface area contributed by atoms with E-state index in [1.807, 2.05) is 19.9 Å². The Morgan fingerprint density at radius 1 is 1.17 bits per heavy atom. The summed E-state index contributed by atoms with van der Waals surface area (Å²) < 4.78 is 2.19. The molecule has 0 bridgehead atoms. The summed E-state index contributed by atoms with van der Waals surface area (Å²) in [6, 6.07) is 7.12. The first-order chi connectivity index (χ1) is 10.6. The molecular formula is C18H22Cl2N2O. The van der Waals surface area contributed by atoms with Gasteiger partial charge in [0, 0.05) is 27.5 Å². The van der Waals surface area contributed by atoms with Crippen molar-refractivity contribution in [3.63, 3.8) is 0 Å². The molecule has 0 saturated carbocycles. The highest BCUT2D eigenvalue weighted by Gasteiger charge is 2.22. The minimum Gasteiger partial charge on any atom is -0.376 e. The molecule has 124 valence electrons. The van der Waals surface area contributed by atoms with Gasteiger partial charge >= 0.3 is 0 Å². The van der Waals surface area contributed by atoms with Gasteiger partial charge in [0.05, 0.1) is 17.3 Å². The molecule has 0 aliphatic carbocycles. The van der Waals surface area contributed by atoms with Gasteiger partial charge in [-0.15, -0.1) is 0 Å². The molecular weight excluding hydrogens is 331 g/mol. The molecule has 2 rings (SSSR count). The van der Waals surface area contributed by atoms with Crippen LogP contribution in [-0.4, -0.2) is 16.9 Å². The van der Waals surface area contributed by atoms with Crippen molar-refractivity contribution in [1.82, 2.24) is 4.57 Å². The summed E-state index contributed by atoms with van der Waals surface area (Å²) in [5, 5.41) is 4.16. The van der Waals surface area contributed by atoms with Gasteiger partial charge in [-0.05, 0) is 58.9 Å². The van der Waals surface area contributed by atoms with Gasteiger partial charge in [0.25, 0.3) is 0 Å². The minimum atomic E-state index is -0.0559. The molecule has 0 fully saturated rings. The van der Waals surface area contributed by atoms with Crippen LogP contribution in [0.2, 0.25) is 10.0 Å². The van der Waals surface area contributed by atoms with Crippen LogP contribution in [0, 0.1) is 13.8 Å². The molecule has 5 heteroatoms. The smallest absolute Gasteiger partial charge is 0.183 e. The van der Waals surface area contributed by atoms with Gasteiger partial charge in [-0.2, -0.15) is 0 Å². The quantitative estimate of drug-likeness (QED) is 0.741. The van der Waals surface area contributed by atoms with E-state index in [9.17, 15) is 4.79 Å². The highest BCUT2D eigenvalue weighted by molar-refractivity contribution is 6.36. The third-order valence-corrected chi connectivity index (χ3v) is 4.32. The average Bonchev–Trinajstić information content (AvgIpc) is 2.72. The number of ketones is 1. The van der Waals surface area contributed by atoms with Crippen molar-refractivity contribution < 1.29 is 4.79 Å². The highest BCUT2D eigenvalue weighted by Crippen LogP contribution is 2.27. The Morgan fingerprint density at radius 3 is 2.35 bits per heavy atom. The lowest BCUT2D eigenvalue weighted by Crippen LogP contribution is -2.24. The maximum absolute atomic E-state index is 12.6. The summed E-state index contributed by atoms with van der Waals surface area (Å²) in [5.41, 5.74) is 3.47. The maximum Gasteiger partial charge on any atom is 0.183 e. The van der Waals surface area contributed by atoms with Crippen LogP contribution in [0.1, 0.15) is 42.5 Å². The number of aryl methyl sites for hydroxylation is 1. The topological polar surface area (TPSA) is 34.0 Å². The standard InChI is InChI=1S/C18H22Cl2N2O/c1-11-8-14(12(2)22(11)18(3,4)5)17(23)10-21-16-7-6-13(19)9-15(16)20/h6-9,21H,10H2,1-5H3. The SMILES string of the molecule is Cc1cc(C(=O)CNc2ccc(Cl)cc2Cl)c(C)n1C(C)(C)C. The van der Waals surface area contributed by atoms with Crippen LogP contribution in [0.15, 0.2) is 24.3 Å². The van der Waals surface area contributed by atoms with Crippen molar-refractivity contribution in [2.75, 3.05) is 11.9 Å². The second-order valence-electron chi connectivity index (χ2n) is 6.69. The molecule has 0 aliphatic heterocycles. The van der Waals surface area contributed by atoms with E-state index in [2.05, 4.69) is 30.7 Å². The molecule has 1 N–H and O–H groups in total. The zero-order chi connectivity index (χ0) is 17.4. The van der Waals surface area contributed by atoms with Crippen LogP contribution >= 0.6 is 23.2 Å². The number of nitrogens with one attached hydrogen (secondary N) is 1. The van der Waals surface area contributed by atoms with Crippen LogP contribution in [0.5, 0.6) is 0 Å². The van der Waals surface area contributed by atoms with Crippen LogP contribution in [0.25, 0.3) is 0 Å². The number of carbonyl (C=O) groups excluding carboxylic acids is 1. The van der Waals surface area contributed by atoms with E-state index in [4.69, 9.17) is 23.2 Å². The molecule has 2 aromatic rings. The molecule has 1 aromatic heterocycles. The summed E-state index contributed by atoms with van der Waals surface area (Å²) in [7, 11) is 0. The monoisotopic (exact) mass is 352 g/mol. The average molecular weight is 353 g/mol. The van der Waals surface area contributed by atoms with Gasteiger partial charge < -0.3 is 9.88 Å². The predicted octanol–water partition coefficient (Wildman–Crippen LogP) is 5.46. The van der Waals surface area contributed by atoms with E-state index in [-0.39, 0.29) is 17.9 Å². The van der Waals surface area contributed by atoms with E-state index in [0.717, 1.165) is 17.0 Å². The van der Waals surface area contributed by atoms with E-state index in [0.29, 0.717) is 15.7 Å². The zero-order valence-electron chi connectivity index (χ0n) is 14.1. The third-order valence-electron chi connectivity index (χ3n) is 3.77. The summed E-state index contributed by atoms with van der Waals surface area (Å²) in [6.45, 7) is 10.6. The first kappa shape index (κ1) is 17.9. The Bertz CT molecular complexity index is 742. The van der Waals surface area contributed by atoms with Crippen LogP contribution in [-0.2, 0) is 5.54 Å². The second kappa shape index (κ2) is 6.58. The third kappa shape index (κ3) is 3.91. The van der Waals surface area contributed by atoms with Gasteiger partial charge in [-0.25, -0.2) is 0 Å². The molecule has 1 heterocycles. The number of Topliss-reactive ketones (excluding diaryl/α,β-unsaturated/α-hetero) is 1. The van der Waals surface area contributed by atoms with Crippen molar-refractivity contribution in [2.45, 2.75) is 40.2 Å². The van der Waals surface area contributed by atoms with Crippen molar-refractivity contribution in [2.24, 2.45) is 0 Å². The molecule has 3 nitrogen and oxygen atoms in total. The lowest BCUT2D eigenvalue weighted by Gasteiger charge is -2.25. The maximum atomic E-state index is 12.6. The Balaban J connectivity index is 2.19. The molecule has 1 aromatic carbocycles. The van der Waals surface area contributed by atoms with Crippen LogP contribution in [0.4, 0.5) is 5.69 Å². The number of nitrogens with zero attached hydrogens (tertiary/aromatic N) is 1. The fourth-order valence-electron chi connectivity index (χ4n) is 2.98. The number of rotatable bonds is 4. The van der Waals surface area contributed by atoms with Crippen molar-refractivity contribution >= 4 is 34.7 Å². The Morgan fingerprint density at radius 2 is 1.83 bits per heavy atom. The van der Waals surface area contributed by atoms with Crippen LogP contribution < -0.4 is 5.32 Å². The van der Waals surface area contributed by atoms with Crippen molar-refractivity contribution in [1.29, 1.82) is 0 Å². The molecule has 0 aliphatic rings. The lowest BCUT2D eigenvalue weighted by atomic mass is 10.1. The van der Waals surface area contributed by atoms with Crippen LogP contribution in [0.3, 0.4) is 0 Å². The molecule has 0 amide bonds. The van der Waals surface area contributed by atoms with Gasteiger partial charge in [0.15, 0.2) is 5.78 Å². The number of halogens is 2. The fraction of sp³-hybridized carbons (Fsp3) is 0.389. The minimum absolute atomic E-state index is 0.0413. The molecule has 0 atom stereocenters. The summed E-state index contributed by atoms with van der Waals surface area (Å²) in [6.07, 6.45) is 0. The highest BCUT2D eigenvalue weighted by atomic mass is 35.5. The number of anilines is 1. The van der Waals surface area contributed by atoms with E-state index in [1.165, 1.54) is 0 Å². The molecule has 0 saturated heterocycles. The predicted molar refractivity (Wildman–Crippen MR) is 98.2 cm³/mol. The second-order valence-corrected chi connectivity index (χ2v) is 7.54. The molecule has 23 heavy (non-hydrogen) atoms. The number of carbonyl (C=O) groups is 1. The Labute approximate surface area is 147 Å². The van der Waals surface area contributed by atoms with Gasteiger partial charge in [-0.1, -0.05) is 23.2 Å². The lowest BCUT2D eigenvalue weighted by molar-refractivity contribution is 0.101.